The Morgan fingerprint density at radius 2 is 1.96 bits per heavy atom. The molecule has 3 rings (SSSR count). The lowest BCUT2D eigenvalue weighted by Gasteiger charge is -2.48. The summed E-state index contributed by atoms with van der Waals surface area (Å²) in [7, 11) is 0. The number of amides is 1. The molecule has 134 valence electrons. The molecular weight excluding hydrogens is 319 g/mol. The van der Waals surface area contributed by atoms with Gasteiger partial charge in [-0.3, -0.25) is 9.69 Å². The summed E-state index contributed by atoms with van der Waals surface area (Å²) in [4.78, 5) is 13.7. The van der Waals surface area contributed by atoms with Crippen LogP contribution < -0.4 is 11.1 Å². The van der Waals surface area contributed by atoms with Crippen LogP contribution in [-0.2, 0) is 4.79 Å². The molecule has 1 amide bonds. The van der Waals surface area contributed by atoms with Crippen LogP contribution in [0.5, 0.6) is 0 Å². The monoisotopic (exact) mass is 343 g/mol. The second-order valence-electron chi connectivity index (χ2n) is 7.16. The predicted molar refractivity (Wildman–Crippen MR) is 85.1 cm³/mol. The Morgan fingerprint density at radius 3 is 2.58 bits per heavy atom. The van der Waals surface area contributed by atoms with Gasteiger partial charge in [-0.1, -0.05) is 24.3 Å². The summed E-state index contributed by atoms with van der Waals surface area (Å²) in [6.45, 7) is 2.08. The second-order valence-corrected chi connectivity index (χ2v) is 7.16. The highest BCUT2D eigenvalue weighted by molar-refractivity contribution is 5.80. The molecule has 1 spiro atoms. The number of carbonyl (C=O) groups excluding carboxylic acids is 1. The molecule has 2 fully saturated rings. The summed E-state index contributed by atoms with van der Waals surface area (Å²) in [5, 5.41) is 3.28. The number of nitrogens with two attached hydrogens (primary N) is 1. The Labute approximate surface area is 139 Å². The number of nitrogens with zero attached hydrogens (tertiary/aromatic N) is 1. The number of carbonyl (C=O) groups is 1. The van der Waals surface area contributed by atoms with Crippen LogP contribution in [0.3, 0.4) is 0 Å². The maximum atomic E-state index is 14.1. The van der Waals surface area contributed by atoms with E-state index >= 15 is 0 Å². The Hall–Kier alpha value is -1.34. The molecular formula is C17H24F3N3O. The number of primary amides is 1. The van der Waals surface area contributed by atoms with E-state index < -0.39 is 23.4 Å². The average molecular weight is 343 g/mol. The van der Waals surface area contributed by atoms with E-state index in [-0.39, 0.29) is 12.1 Å². The van der Waals surface area contributed by atoms with Gasteiger partial charge in [-0.25, -0.2) is 0 Å². The van der Waals surface area contributed by atoms with Crippen LogP contribution in [0.1, 0.15) is 25.7 Å². The predicted octanol–water partition coefficient (Wildman–Crippen LogP) is 1.98. The van der Waals surface area contributed by atoms with Crippen molar-refractivity contribution >= 4 is 5.91 Å². The van der Waals surface area contributed by atoms with Crippen molar-refractivity contribution in [2.24, 2.45) is 17.1 Å². The van der Waals surface area contributed by atoms with Crippen molar-refractivity contribution < 1.29 is 18.0 Å². The molecule has 0 aromatic heterocycles. The Bertz CT molecular complexity index is 552. The van der Waals surface area contributed by atoms with E-state index in [2.05, 4.69) is 5.32 Å². The number of rotatable bonds is 3. The fourth-order valence-electron chi connectivity index (χ4n) is 4.55. The van der Waals surface area contributed by atoms with Gasteiger partial charge < -0.3 is 11.1 Å². The number of allylic oxidation sites excluding steroid dienone is 2. The normalized spacial score (nSPS) is 33.2. The third-order valence-corrected chi connectivity index (χ3v) is 5.93. The summed E-state index contributed by atoms with van der Waals surface area (Å²) < 4.78 is 42.3. The van der Waals surface area contributed by atoms with Gasteiger partial charge >= 0.3 is 6.18 Å². The smallest absolute Gasteiger partial charge is 0.369 e. The second kappa shape index (κ2) is 6.19. The van der Waals surface area contributed by atoms with Gasteiger partial charge in [0.15, 0.2) is 0 Å². The Balaban J connectivity index is 1.94. The van der Waals surface area contributed by atoms with Gasteiger partial charge in [0.05, 0.1) is 5.92 Å². The minimum Gasteiger partial charge on any atom is -0.369 e. The first-order valence-electron chi connectivity index (χ1n) is 8.49. The first kappa shape index (κ1) is 17.5. The Morgan fingerprint density at radius 1 is 1.25 bits per heavy atom. The van der Waals surface area contributed by atoms with Gasteiger partial charge in [0.2, 0.25) is 5.91 Å². The van der Waals surface area contributed by atoms with Crippen LogP contribution in [0.15, 0.2) is 24.3 Å². The molecule has 3 N–H and O–H groups in total. The van der Waals surface area contributed by atoms with Gasteiger partial charge in [-0.2, -0.15) is 13.2 Å². The summed E-state index contributed by atoms with van der Waals surface area (Å²) >= 11 is 0. The molecule has 0 aromatic carbocycles. The zero-order valence-corrected chi connectivity index (χ0v) is 13.6. The summed E-state index contributed by atoms with van der Waals surface area (Å²) in [5.74, 6) is -2.28. The van der Waals surface area contributed by atoms with Crippen LogP contribution in [0.4, 0.5) is 13.2 Å². The number of piperidine rings is 1. The molecule has 2 saturated heterocycles. The lowest BCUT2D eigenvalue weighted by atomic mass is 9.70. The minimum absolute atomic E-state index is 0.180. The summed E-state index contributed by atoms with van der Waals surface area (Å²) in [6.07, 6.45) is 4.27. The van der Waals surface area contributed by atoms with E-state index in [1.807, 2.05) is 4.90 Å². The van der Waals surface area contributed by atoms with Gasteiger partial charge in [0.1, 0.15) is 5.41 Å². The van der Waals surface area contributed by atoms with Crippen molar-refractivity contribution in [1.82, 2.24) is 10.2 Å². The van der Waals surface area contributed by atoms with Crippen LogP contribution in [0.2, 0.25) is 0 Å². The van der Waals surface area contributed by atoms with Crippen molar-refractivity contribution in [1.29, 1.82) is 0 Å². The standard InChI is InChI=1S/C17H24F3N3O/c18-17(19,20)16(6-2-1-4-13(16)14(21)24)12-23-11-3-5-15(23)7-9-22-10-8-15/h1-2,4,6,13,22H,3,5,7-12H2,(H2,21,24). The fourth-order valence-corrected chi connectivity index (χ4v) is 4.55. The lowest BCUT2D eigenvalue weighted by molar-refractivity contribution is -0.226. The third-order valence-electron chi connectivity index (χ3n) is 5.93. The molecule has 3 aliphatic rings. The topological polar surface area (TPSA) is 58.4 Å². The van der Waals surface area contributed by atoms with Crippen molar-refractivity contribution in [2.45, 2.75) is 37.4 Å². The third kappa shape index (κ3) is 2.77. The van der Waals surface area contributed by atoms with E-state index in [0.29, 0.717) is 6.54 Å². The molecule has 1 aliphatic carbocycles. The molecule has 24 heavy (non-hydrogen) atoms. The molecule has 2 heterocycles. The molecule has 2 unspecified atom stereocenters. The average Bonchev–Trinajstić information content (AvgIpc) is 2.89. The van der Waals surface area contributed by atoms with Crippen LogP contribution in [-0.4, -0.2) is 48.7 Å². The summed E-state index contributed by atoms with van der Waals surface area (Å²) in [5.41, 5.74) is 2.91. The highest BCUT2D eigenvalue weighted by Gasteiger charge is 2.61. The molecule has 0 bridgehead atoms. The largest absolute Gasteiger partial charge is 0.400 e. The molecule has 2 aliphatic heterocycles. The zero-order chi connectivity index (χ0) is 17.4. The number of alkyl halides is 3. The van der Waals surface area contributed by atoms with E-state index in [0.717, 1.165) is 44.8 Å². The van der Waals surface area contributed by atoms with E-state index in [9.17, 15) is 18.0 Å². The number of likely N-dealkylation sites (tertiary alicyclic amines) is 1. The first-order chi connectivity index (χ1) is 11.3. The number of hydrogen-bond donors (Lipinski definition) is 2. The number of halogens is 3. The van der Waals surface area contributed by atoms with Crippen molar-refractivity contribution in [2.75, 3.05) is 26.2 Å². The zero-order valence-electron chi connectivity index (χ0n) is 13.6. The van der Waals surface area contributed by atoms with Crippen LogP contribution in [0, 0.1) is 11.3 Å². The maximum Gasteiger partial charge on any atom is 0.400 e. The molecule has 2 atom stereocenters. The van der Waals surface area contributed by atoms with Gasteiger partial charge in [0.25, 0.3) is 0 Å². The lowest BCUT2D eigenvalue weighted by Crippen LogP contribution is -2.59. The highest BCUT2D eigenvalue weighted by Crippen LogP contribution is 2.50. The number of hydrogen-bond acceptors (Lipinski definition) is 3. The molecule has 0 aromatic rings. The summed E-state index contributed by atoms with van der Waals surface area (Å²) in [6, 6.07) is 0. The quantitative estimate of drug-likeness (QED) is 0.824. The van der Waals surface area contributed by atoms with Gasteiger partial charge in [0, 0.05) is 12.1 Å². The van der Waals surface area contributed by atoms with E-state index in [1.54, 1.807) is 0 Å². The minimum atomic E-state index is -4.54. The van der Waals surface area contributed by atoms with Gasteiger partial charge in [-0.05, 0) is 45.3 Å². The molecule has 0 saturated carbocycles. The number of nitrogens with one attached hydrogen (secondary N) is 1. The molecule has 4 nitrogen and oxygen atoms in total. The van der Waals surface area contributed by atoms with E-state index in [1.165, 1.54) is 18.2 Å². The highest BCUT2D eigenvalue weighted by atomic mass is 19.4. The van der Waals surface area contributed by atoms with Crippen LogP contribution >= 0.6 is 0 Å². The van der Waals surface area contributed by atoms with Crippen molar-refractivity contribution in [3.8, 4) is 0 Å². The van der Waals surface area contributed by atoms with Gasteiger partial charge in [-0.15, -0.1) is 0 Å². The maximum absolute atomic E-state index is 14.1. The van der Waals surface area contributed by atoms with E-state index in [4.69, 9.17) is 5.73 Å². The first-order valence-corrected chi connectivity index (χ1v) is 8.49. The SMILES string of the molecule is NC(=O)C1C=CC=CC1(CN1CCCC12CCNCC2)C(F)(F)F. The fraction of sp³-hybridized carbons (Fsp3) is 0.706. The van der Waals surface area contributed by atoms with Crippen molar-refractivity contribution in [3.05, 3.63) is 24.3 Å². The van der Waals surface area contributed by atoms with Crippen LogP contribution in [0.25, 0.3) is 0 Å². The Kier molecular flexibility index (Phi) is 4.51. The van der Waals surface area contributed by atoms with Crippen molar-refractivity contribution in [3.63, 3.8) is 0 Å². The molecule has 0 radical (unpaired) electrons. The molecule has 7 heteroatoms.